The number of rotatable bonds is 5. The van der Waals surface area contributed by atoms with Crippen LogP contribution >= 0.6 is 0 Å². The topological polar surface area (TPSA) is 75.2 Å². The van der Waals surface area contributed by atoms with E-state index in [2.05, 4.69) is 15.3 Å². The van der Waals surface area contributed by atoms with Gasteiger partial charge < -0.3 is 10.2 Å². The molecule has 0 bridgehead atoms. The average Bonchev–Trinajstić information content (AvgIpc) is 2.91. The summed E-state index contributed by atoms with van der Waals surface area (Å²) in [4.78, 5) is 10.6. The van der Waals surface area contributed by atoms with E-state index in [1.165, 1.54) is 6.07 Å². The summed E-state index contributed by atoms with van der Waals surface area (Å²) in [6.45, 7) is 2.54. The summed E-state index contributed by atoms with van der Waals surface area (Å²) in [6.07, 6.45) is 2.15. The van der Waals surface area contributed by atoms with E-state index in [9.17, 15) is 12.8 Å². The molecule has 1 fully saturated rings. The molecule has 0 saturated carbocycles. The monoisotopic (exact) mass is 350 g/mol. The Bertz CT molecular complexity index is 828. The van der Waals surface area contributed by atoms with Crippen LogP contribution in [0.3, 0.4) is 0 Å². The van der Waals surface area contributed by atoms with E-state index < -0.39 is 9.84 Å². The summed E-state index contributed by atoms with van der Waals surface area (Å²) >= 11 is 0. The number of halogens is 1. The molecule has 0 radical (unpaired) electrons. The van der Waals surface area contributed by atoms with Crippen molar-refractivity contribution in [3.8, 4) is 0 Å². The van der Waals surface area contributed by atoms with E-state index in [0.717, 1.165) is 0 Å². The molecule has 2 aromatic rings. The molecule has 1 aromatic heterocycles. The number of hydrogen-bond donors (Lipinski definition) is 1. The molecule has 0 amide bonds. The number of benzene rings is 1. The van der Waals surface area contributed by atoms with Crippen molar-refractivity contribution >= 4 is 27.3 Å². The summed E-state index contributed by atoms with van der Waals surface area (Å²) < 4.78 is 37.2. The third kappa shape index (κ3) is 3.64. The van der Waals surface area contributed by atoms with E-state index in [-0.39, 0.29) is 23.4 Å². The fourth-order valence-electron chi connectivity index (χ4n) is 2.84. The zero-order chi connectivity index (χ0) is 17.2. The van der Waals surface area contributed by atoms with Gasteiger partial charge >= 0.3 is 0 Å². The van der Waals surface area contributed by atoms with Gasteiger partial charge in [0, 0.05) is 18.8 Å². The van der Waals surface area contributed by atoms with Gasteiger partial charge in [0.2, 0.25) is 5.95 Å². The highest BCUT2D eigenvalue weighted by atomic mass is 32.2. The minimum atomic E-state index is -2.99. The molecule has 8 heteroatoms. The first-order valence-electron chi connectivity index (χ1n) is 7.80. The van der Waals surface area contributed by atoms with Gasteiger partial charge in [0.15, 0.2) is 9.84 Å². The molecular formula is C16H19FN4O2S. The van der Waals surface area contributed by atoms with Crippen LogP contribution in [0.25, 0.3) is 0 Å². The highest BCUT2D eigenvalue weighted by Gasteiger charge is 2.32. The molecule has 0 aliphatic carbocycles. The number of para-hydroxylation sites is 1. The summed E-state index contributed by atoms with van der Waals surface area (Å²) in [7, 11) is -2.99. The zero-order valence-electron chi connectivity index (χ0n) is 13.3. The second-order valence-electron chi connectivity index (χ2n) is 5.69. The molecule has 6 nitrogen and oxygen atoms in total. The molecule has 1 atom stereocenters. The van der Waals surface area contributed by atoms with Gasteiger partial charge in [0.25, 0.3) is 0 Å². The normalized spacial score (nSPS) is 19.2. The van der Waals surface area contributed by atoms with Crippen LogP contribution in [0.1, 0.15) is 13.3 Å². The van der Waals surface area contributed by atoms with E-state index in [1.54, 1.807) is 30.5 Å². The number of nitrogens with one attached hydrogen (secondary N) is 1. The largest absolute Gasteiger partial charge is 0.338 e. The zero-order valence-corrected chi connectivity index (χ0v) is 14.1. The Hall–Kier alpha value is -2.22. The number of anilines is 3. The van der Waals surface area contributed by atoms with Gasteiger partial charge in [0.1, 0.15) is 11.6 Å². The summed E-state index contributed by atoms with van der Waals surface area (Å²) in [5.41, 5.74) is 0.327. The summed E-state index contributed by atoms with van der Waals surface area (Å²) in [5, 5.41) is 2.93. The van der Waals surface area contributed by atoms with Crippen molar-refractivity contribution in [3.63, 3.8) is 0 Å². The van der Waals surface area contributed by atoms with Gasteiger partial charge in [-0.3, -0.25) is 0 Å². The van der Waals surface area contributed by atoms with Crippen molar-refractivity contribution in [2.45, 2.75) is 19.4 Å². The SMILES string of the molecule is CCN(c1nccc(Nc2ccccc2F)n1)C1CCS(=O)(=O)C1. The second-order valence-corrected chi connectivity index (χ2v) is 7.92. The lowest BCUT2D eigenvalue weighted by Crippen LogP contribution is -2.37. The van der Waals surface area contributed by atoms with Crippen LogP contribution in [0.15, 0.2) is 36.5 Å². The molecule has 1 aromatic carbocycles. The first kappa shape index (κ1) is 16.6. The molecule has 24 heavy (non-hydrogen) atoms. The maximum absolute atomic E-state index is 13.7. The third-order valence-corrected chi connectivity index (χ3v) is 5.78. The fraction of sp³-hybridized carbons (Fsp3) is 0.375. The van der Waals surface area contributed by atoms with E-state index >= 15 is 0 Å². The molecular weight excluding hydrogens is 331 g/mol. The maximum Gasteiger partial charge on any atom is 0.227 e. The van der Waals surface area contributed by atoms with Crippen molar-refractivity contribution in [2.24, 2.45) is 0 Å². The molecule has 1 N–H and O–H groups in total. The first-order chi connectivity index (χ1) is 11.5. The average molecular weight is 350 g/mol. The number of nitrogens with zero attached hydrogens (tertiary/aromatic N) is 3. The second kappa shape index (κ2) is 6.72. The standard InChI is InChI=1S/C16H19FN4O2S/c1-2-21(12-8-10-24(22,23)11-12)16-18-9-7-15(20-16)19-14-6-4-3-5-13(14)17/h3-7,9,12H,2,8,10-11H2,1H3,(H,18,19,20). The number of aromatic nitrogens is 2. The van der Waals surface area contributed by atoms with Crippen LogP contribution in [-0.2, 0) is 9.84 Å². The van der Waals surface area contributed by atoms with Crippen LogP contribution in [0.4, 0.5) is 21.8 Å². The third-order valence-electron chi connectivity index (χ3n) is 4.03. The van der Waals surface area contributed by atoms with Gasteiger partial charge in [-0.15, -0.1) is 0 Å². The van der Waals surface area contributed by atoms with Gasteiger partial charge in [-0.2, -0.15) is 4.98 Å². The Morgan fingerprint density at radius 2 is 2.12 bits per heavy atom. The molecule has 1 saturated heterocycles. The molecule has 0 spiro atoms. The molecule has 1 unspecified atom stereocenters. The smallest absolute Gasteiger partial charge is 0.227 e. The Labute approximate surface area is 140 Å². The van der Waals surface area contributed by atoms with Gasteiger partial charge in [-0.25, -0.2) is 17.8 Å². The van der Waals surface area contributed by atoms with Crippen LogP contribution in [0.2, 0.25) is 0 Å². The van der Waals surface area contributed by atoms with Gasteiger partial charge in [-0.1, -0.05) is 12.1 Å². The number of sulfone groups is 1. The molecule has 128 valence electrons. The molecule has 1 aliphatic rings. The van der Waals surface area contributed by atoms with Crippen molar-refractivity contribution in [3.05, 3.63) is 42.3 Å². The molecule has 1 aliphatic heterocycles. The lowest BCUT2D eigenvalue weighted by atomic mass is 10.2. The minimum absolute atomic E-state index is 0.120. The van der Waals surface area contributed by atoms with Crippen molar-refractivity contribution in [1.29, 1.82) is 0 Å². The Morgan fingerprint density at radius 1 is 1.33 bits per heavy atom. The Balaban J connectivity index is 1.83. The van der Waals surface area contributed by atoms with Crippen molar-refractivity contribution < 1.29 is 12.8 Å². The highest BCUT2D eigenvalue weighted by molar-refractivity contribution is 7.91. The quantitative estimate of drug-likeness (QED) is 0.892. The van der Waals surface area contributed by atoms with Crippen molar-refractivity contribution in [2.75, 3.05) is 28.3 Å². The van der Waals surface area contributed by atoms with E-state index in [0.29, 0.717) is 30.4 Å². The van der Waals surface area contributed by atoms with Crippen LogP contribution in [-0.4, -0.2) is 42.5 Å². The van der Waals surface area contributed by atoms with Gasteiger partial charge in [0.05, 0.1) is 17.2 Å². The Kier molecular flexibility index (Phi) is 4.66. The van der Waals surface area contributed by atoms with Gasteiger partial charge in [-0.05, 0) is 31.5 Å². The van der Waals surface area contributed by atoms with Crippen molar-refractivity contribution in [1.82, 2.24) is 9.97 Å². The van der Waals surface area contributed by atoms with Crippen LogP contribution in [0.5, 0.6) is 0 Å². The lowest BCUT2D eigenvalue weighted by molar-refractivity contribution is 0.599. The van der Waals surface area contributed by atoms with E-state index in [4.69, 9.17) is 0 Å². The van der Waals surface area contributed by atoms with Crippen LogP contribution < -0.4 is 10.2 Å². The molecule has 2 heterocycles. The summed E-state index contributed by atoms with van der Waals surface area (Å²) in [5.74, 6) is 0.855. The molecule has 3 rings (SSSR count). The fourth-order valence-corrected chi connectivity index (χ4v) is 4.57. The number of hydrogen-bond acceptors (Lipinski definition) is 6. The Morgan fingerprint density at radius 3 is 2.79 bits per heavy atom. The maximum atomic E-state index is 13.7. The predicted octanol–water partition coefficient (Wildman–Crippen LogP) is 2.37. The lowest BCUT2D eigenvalue weighted by Gasteiger charge is -2.26. The van der Waals surface area contributed by atoms with E-state index in [1.807, 2.05) is 11.8 Å². The highest BCUT2D eigenvalue weighted by Crippen LogP contribution is 2.23. The summed E-state index contributed by atoms with van der Waals surface area (Å²) in [6, 6.07) is 7.86. The predicted molar refractivity (Wildman–Crippen MR) is 91.8 cm³/mol. The first-order valence-corrected chi connectivity index (χ1v) is 9.62. The minimum Gasteiger partial charge on any atom is -0.338 e. The van der Waals surface area contributed by atoms with Crippen LogP contribution in [0, 0.1) is 5.82 Å².